The lowest BCUT2D eigenvalue weighted by Crippen LogP contribution is -2.13. The fraction of sp³-hybridized carbons (Fsp3) is 0.957. The van der Waals surface area contributed by atoms with Crippen LogP contribution in [-0.4, -0.2) is 38.1 Å². The van der Waals surface area contributed by atoms with Crippen molar-refractivity contribution in [3.63, 3.8) is 0 Å². The molecular weight excluding hydrogens is 322 g/mol. The van der Waals surface area contributed by atoms with Crippen molar-refractivity contribution < 1.29 is 9.53 Å². The fourth-order valence-electron chi connectivity index (χ4n) is 3.25. The first-order valence-electron chi connectivity index (χ1n) is 11.5. The van der Waals surface area contributed by atoms with Crippen molar-refractivity contribution in [1.82, 2.24) is 4.90 Å². The van der Waals surface area contributed by atoms with Crippen LogP contribution in [0.15, 0.2) is 0 Å². The van der Waals surface area contributed by atoms with Crippen molar-refractivity contribution >= 4 is 5.97 Å². The highest BCUT2D eigenvalue weighted by atomic mass is 16.5. The Morgan fingerprint density at radius 2 is 1.12 bits per heavy atom. The van der Waals surface area contributed by atoms with E-state index in [-0.39, 0.29) is 5.97 Å². The van der Waals surface area contributed by atoms with Crippen LogP contribution in [0.4, 0.5) is 0 Å². The molecule has 3 nitrogen and oxygen atoms in total. The van der Waals surface area contributed by atoms with E-state index in [0.717, 1.165) is 25.8 Å². The largest absolute Gasteiger partial charge is 0.466 e. The summed E-state index contributed by atoms with van der Waals surface area (Å²) in [4.78, 5) is 13.7. The fourth-order valence-corrected chi connectivity index (χ4v) is 3.25. The quantitative estimate of drug-likeness (QED) is 0.176. The summed E-state index contributed by atoms with van der Waals surface area (Å²) in [5.74, 6) is -0.0153. The molecule has 0 spiro atoms. The normalized spacial score (nSPS) is 11.2. The van der Waals surface area contributed by atoms with E-state index in [4.69, 9.17) is 4.74 Å². The predicted molar refractivity (Wildman–Crippen MR) is 114 cm³/mol. The van der Waals surface area contributed by atoms with Crippen molar-refractivity contribution in [2.75, 3.05) is 27.2 Å². The number of carbonyl (C=O) groups excluding carboxylic acids is 1. The molecule has 0 saturated carbocycles. The molecule has 0 aromatic heterocycles. The van der Waals surface area contributed by atoms with Crippen LogP contribution in [0, 0.1) is 0 Å². The maximum atomic E-state index is 11.6. The van der Waals surface area contributed by atoms with Gasteiger partial charge in [0.05, 0.1) is 6.61 Å². The number of unbranched alkanes of at least 4 members (excludes halogenated alkanes) is 14. The van der Waals surface area contributed by atoms with Gasteiger partial charge in [0.25, 0.3) is 0 Å². The first-order chi connectivity index (χ1) is 12.7. The Morgan fingerprint density at radius 3 is 1.58 bits per heavy atom. The number of nitrogens with zero attached hydrogens (tertiary/aromatic N) is 1. The molecule has 0 aliphatic carbocycles. The topological polar surface area (TPSA) is 29.5 Å². The molecule has 0 amide bonds. The highest BCUT2D eigenvalue weighted by molar-refractivity contribution is 5.69. The van der Waals surface area contributed by atoms with Gasteiger partial charge in [-0.25, -0.2) is 0 Å². The van der Waals surface area contributed by atoms with E-state index >= 15 is 0 Å². The second kappa shape index (κ2) is 20.7. The highest BCUT2D eigenvalue weighted by Crippen LogP contribution is 2.13. The summed E-state index contributed by atoms with van der Waals surface area (Å²) in [6.07, 6.45) is 21.6. The Hall–Kier alpha value is -0.570. The Kier molecular flexibility index (Phi) is 20.3. The van der Waals surface area contributed by atoms with Crippen LogP contribution in [0.2, 0.25) is 0 Å². The molecule has 0 unspecified atom stereocenters. The van der Waals surface area contributed by atoms with E-state index in [1.54, 1.807) is 0 Å². The van der Waals surface area contributed by atoms with Crippen molar-refractivity contribution in [3.05, 3.63) is 0 Å². The molecule has 0 aromatic carbocycles. The molecule has 0 fully saturated rings. The lowest BCUT2D eigenvalue weighted by Gasteiger charge is -2.08. The van der Waals surface area contributed by atoms with Crippen molar-refractivity contribution in [2.24, 2.45) is 0 Å². The van der Waals surface area contributed by atoms with E-state index < -0.39 is 0 Å². The van der Waals surface area contributed by atoms with Crippen molar-refractivity contribution in [1.29, 1.82) is 0 Å². The minimum atomic E-state index is -0.0153. The van der Waals surface area contributed by atoms with Gasteiger partial charge >= 0.3 is 5.97 Å². The van der Waals surface area contributed by atoms with E-state index in [9.17, 15) is 4.79 Å². The number of hydrogen-bond donors (Lipinski definition) is 0. The Balaban J connectivity index is 3.11. The van der Waals surface area contributed by atoms with Gasteiger partial charge in [0.1, 0.15) is 0 Å². The lowest BCUT2D eigenvalue weighted by atomic mass is 10.0. The second-order valence-corrected chi connectivity index (χ2v) is 8.08. The molecule has 0 aliphatic heterocycles. The van der Waals surface area contributed by atoms with Gasteiger partial charge in [-0.1, -0.05) is 90.4 Å². The molecule has 0 aromatic rings. The van der Waals surface area contributed by atoms with E-state index in [2.05, 4.69) is 25.9 Å². The molecule has 156 valence electrons. The van der Waals surface area contributed by atoms with Gasteiger partial charge in [-0.2, -0.15) is 0 Å². The summed E-state index contributed by atoms with van der Waals surface area (Å²) < 4.78 is 5.30. The summed E-state index contributed by atoms with van der Waals surface area (Å²) in [5, 5.41) is 0. The van der Waals surface area contributed by atoms with Gasteiger partial charge in [-0.15, -0.1) is 0 Å². The molecule has 0 atom stereocenters. The minimum absolute atomic E-state index is 0.0153. The number of rotatable bonds is 20. The summed E-state index contributed by atoms with van der Waals surface area (Å²) >= 11 is 0. The summed E-state index contributed by atoms with van der Waals surface area (Å²) in [6.45, 7) is 3.94. The van der Waals surface area contributed by atoms with Crippen LogP contribution in [-0.2, 0) is 9.53 Å². The molecule has 0 N–H and O–H groups in total. The van der Waals surface area contributed by atoms with Crippen LogP contribution >= 0.6 is 0 Å². The molecule has 0 saturated heterocycles. The molecule has 0 heterocycles. The first-order valence-corrected chi connectivity index (χ1v) is 11.5. The number of esters is 1. The Morgan fingerprint density at radius 1 is 0.654 bits per heavy atom. The molecule has 26 heavy (non-hydrogen) atoms. The van der Waals surface area contributed by atoms with Crippen molar-refractivity contribution in [2.45, 2.75) is 116 Å². The number of carbonyl (C=O) groups is 1. The van der Waals surface area contributed by atoms with Gasteiger partial charge in [0, 0.05) is 6.42 Å². The third-order valence-electron chi connectivity index (χ3n) is 5.00. The second-order valence-electron chi connectivity index (χ2n) is 8.08. The maximum absolute atomic E-state index is 11.6. The molecular formula is C23H47NO2. The average Bonchev–Trinajstić information content (AvgIpc) is 2.62. The molecule has 0 rings (SSSR count). The standard InChI is InChI=1S/C23H47NO2/c1-4-5-6-7-8-9-10-11-12-13-14-15-16-19-22-26-23(25)20-17-18-21-24(2)3/h4-22H2,1-3H3. The molecule has 0 bridgehead atoms. The zero-order chi connectivity index (χ0) is 19.3. The van der Waals surface area contributed by atoms with Crippen molar-refractivity contribution in [3.8, 4) is 0 Å². The number of ether oxygens (including phenoxy) is 1. The minimum Gasteiger partial charge on any atom is -0.466 e. The first kappa shape index (κ1) is 25.4. The summed E-state index contributed by atoms with van der Waals surface area (Å²) in [5.41, 5.74) is 0. The zero-order valence-corrected chi connectivity index (χ0v) is 18.2. The monoisotopic (exact) mass is 369 g/mol. The molecule has 3 heteroatoms. The third-order valence-corrected chi connectivity index (χ3v) is 5.00. The van der Waals surface area contributed by atoms with Gasteiger partial charge in [-0.3, -0.25) is 4.79 Å². The SMILES string of the molecule is CCCCCCCCCCCCCCCCOC(=O)CCCCN(C)C. The van der Waals surface area contributed by atoms with Crippen LogP contribution in [0.1, 0.15) is 116 Å². The Labute approximate surface area is 164 Å². The van der Waals surface area contributed by atoms with Gasteiger partial charge in [-0.05, 0) is 39.9 Å². The maximum Gasteiger partial charge on any atom is 0.305 e. The van der Waals surface area contributed by atoms with Crippen LogP contribution in [0.3, 0.4) is 0 Å². The lowest BCUT2D eigenvalue weighted by molar-refractivity contribution is -0.143. The third kappa shape index (κ3) is 21.5. The van der Waals surface area contributed by atoms with E-state index in [0.29, 0.717) is 13.0 Å². The van der Waals surface area contributed by atoms with Crippen LogP contribution < -0.4 is 0 Å². The summed E-state index contributed by atoms with van der Waals surface area (Å²) in [6, 6.07) is 0. The Bertz CT molecular complexity index is 292. The molecule has 0 aliphatic rings. The van der Waals surface area contributed by atoms with Gasteiger partial charge in [0.15, 0.2) is 0 Å². The number of hydrogen-bond acceptors (Lipinski definition) is 3. The predicted octanol–water partition coefficient (Wildman–Crippen LogP) is 6.74. The smallest absolute Gasteiger partial charge is 0.305 e. The van der Waals surface area contributed by atoms with Gasteiger partial charge in [0.2, 0.25) is 0 Å². The summed E-state index contributed by atoms with van der Waals surface area (Å²) in [7, 11) is 4.13. The average molecular weight is 370 g/mol. The van der Waals surface area contributed by atoms with E-state index in [1.807, 2.05) is 0 Å². The highest BCUT2D eigenvalue weighted by Gasteiger charge is 2.02. The van der Waals surface area contributed by atoms with E-state index in [1.165, 1.54) is 83.5 Å². The molecule has 0 radical (unpaired) electrons. The van der Waals surface area contributed by atoms with Gasteiger partial charge < -0.3 is 9.64 Å². The van der Waals surface area contributed by atoms with Crippen LogP contribution in [0.25, 0.3) is 0 Å². The van der Waals surface area contributed by atoms with Crippen LogP contribution in [0.5, 0.6) is 0 Å². The zero-order valence-electron chi connectivity index (χ0n) is 18.2.